The molecule has 0 saturated carbocycles. The van der Waals surface area contributed by atoms with Crippen LogP contribution >= 0.6 is 0 Å². The van der Waals surface area contributed by atoms with Gasteiger partial charge in [-0.3, -0.25) is 9.59 Å². The number of amides is 2. The Morgan fingerprint density at radius 2 is 1.92 bits per heavy atom. The zero-order valence-corrected chi connectivity index (χ0v) is 14.5. The number of anilines is 1. The van der Waals surface area contributed by atoms with E-state index in [0.717, 1.165) is 25.2 Å². The Morgan fingerprint density at radius 1 is 1.17 bits per heavy atom. The van der Waals surface area contributed by atoms with Crippen LogP contribution in [0, 0.1) is 0 Å². The van der Waals surface area contributed by atoms with Gasteiger partial charge in [-0.15, -0.1) is 0 Å². The maximum absolute atomic E-state index is 11.9. The first-order valence-corrected chi connectivity index (χ1v) is 8.48. The van der Waals surface area contributed by atoms with Crippen LogP contribution in [0.3, 0.4) is 0 Å². The number of piperidine rings is 1. The summed E-state index contributed by atoms with van der Waals surface area (Å²) >= 11 is 0. The van der Waals surface area contributed by atoms with Gasteiger partial charge in [0.2, 0.25) is 11.8 Å². The van der Waals surface area contributed by atoms with Gasteiger partial charge in [-0.25, -0.2) is 5.43 Å². The summed E-state index contributed by atoms with van der Waals surface area (Å²) < 4.78 is 0. The Hall–Kier alpha value is -2.21. The lowest BCUT2D eigenvalue weighted by molar-refractivity contribution is -0.121. The molecule has 2 N–H and O–H groups in total. The summed E-state index contributed by atoms with van der Waals surface area (Å²) in [6.07, 6.45) is 4.21. The molecule has 1 aromatic carbocycles. The number of likely N-dealkylation sites (tertiary alicyclic amines) is 1. The second-order valence-electron chi connectivity index (χ2n) is 6.15. The van der Waals surface area contributed by atoms with Crippen molar-refractivity contribution in [3.63, 3.8) is 0 Å². The molecule has 1 aromatic rings. The molecule has 6 nitrogen and oxygen atoms in total. The summed E-state index contributed by atoms with van der Waals surface area (Å²) in [5.41, 5.74) is 4.89. The third kappa shape index (κ3) is 6.12. The van der Waals surface area contributed by atoms with Crippen molar-refractivity contribution in [1.82, 2.24) is 10.3 Å². The minimum Gasteiger partial charge on any atom is -0.326 e. The third-order valence-electron chi connectivity index (χ3n) is 4.05. The Kier molecular flexibility index (Phi) is 6.93. The van der Waals surface area contributed by atoms with Gasteiger partial charge in [-0.1, -0.05) is 18.6 Å². The second-order valence-corrected chi connectivity index (χ2v) is 6.15. The minimum atomic E-state index is -0.118. The first-order valence-electron chi connectivity index (χ1n) is 8.48. The molecule has 24 heavy (non-hydrogen) atoms. The maximum Gasteiger partial charge on any atom is 0.241 e. The predicted molar refractivity (Wildman–Crippen MR) is 96.0 cm³/mol. The molecule has 0 unspecified atom stereocenters. The molecule has 1 fully saturated rings. The first kappa shape index (κ1) is 18.1. The van der Waals surface area contributed by atoms with Crippen LogP contribution in [0.15, 0.2) is 29.4 Å². The van der Waals surface area contributed by atoms with E-state index in [1.807, 2.05) is 31.2 Å². The van der Waals surface area contributed by atoms with E-state index < -0.39 is 0 Å². The number of carbonyl (C=O) groups is 2. The number of benzene rings is 1. The van der Waals surface area contributed by atoms with E-state index in [4.69, 9.17) is 0 Å². The zero-order chi connectivity index (χ0) is 17.4. The average Bonchev–Trinajstić information content (AvgIpc) is 2.58. The van der Waals surface area contributed by atoms with Crippen LogP contribution < -0.4 is 10.7 Å². The molecular weight excluding hydrogens is 304 g/mol. The van der Waals surface area contributed by atoms with Crippen molar-refractivity contribution >= 4 is 23.2 Å². The third-order valence-corrected chi connectivity index (χ3v) is 4.05. The van der Waals surface area contributed by atoms with E-state index in [2.05, 4.69) is 20.7 Å². The highest BCUT2D eigenvalue weighted by molar-refractivity contribution is 6.00. The summed E-state index contributed by atoms with van der Waals surface area (Å²) in [5.74, 6) is -0.189. The second kappa shape index (κ2) is 9.17. The van der Waals surface area contributed by atoms with E-state index in [9.17, 15) is 9.59 Å². The molecule has 1 heterocycles. The fourth-order valence-electron chi connectivity index (χ4n) is 2.73. The van der Waals surface area contributed by atoms with Gasteiger partial charge in [-0.05, 0) is 50.6 Å². The number of hydrogen-bond acceptors (Lipinski definition) is 4. The molecule has 2 amide bonds. The normalized spacial score (nSPS) is 15.8. The molecule has 0 spiro atoms. The van der Waals surface area contributed by atoms with Crippen LogP contribution in [0.5, 0.6) is 0 Å². The molecule has 6 heteroatoms. The van der Waals surface area contributed by atoms with E-state index in [-0.39, 0.29) is 11.8 Å². The molecule has 130 valence electrons. The van der Waals surface area contributed by atoms with Gasteiger partial charge in [0.15, 0.2) is 0 Å². The smallest absolute Gasteiger partial charge is 0.241 e. The number of hydrogen-bond donors (Lipinski definition) is 2. The number of hydrazone groups is 1. The highest BCUT2D eigenvalue weighted by Crippen LogP contribution is 2.11. The van der Waals surface area contributed by atoms with Crippen molar-refractivity contribution < 1.29 is 9.59 Å². The lowest BCUT2D eigenvalue weighted by atomic mass is 10.1. The summed E-state index contributed by atoms with van der Waals surface area (Å²) in [7, 11) is 0. The van der Waals surface area contributed by atoms with Crippen molar-refractivity contribution in [2.24, 2.45) is 5.10 Å². The highest BCUT2D eigenvalue weighted by atomic mass is 16.2. The summed E-state index contributed by atoms with van der Waals surface area (Å²) in [6.45, 7) is 6.27. The van der Waals surface area contributed by atoms with Gasteiger partial charge in [0.1, 0.15) is 0 Å². The number of rotatable bonds is 6. The SMILES string of the molecule is CC(=O)Nc1cccc(/C(C)=N/NC(=O)CCN2CCCCC2)c1. The lowest BCUT2D eigenvalue weighted by Crippen LogP contribution is -2.33. The van der Waals surface area contributed by atoms with Crippen molar-refractivity contribution in [1.29, 1.82) is 0 Å². The van der Waals surface area contributed by atoms with Gasteiger partial charge >= 0.3 is 0 Å². The number of nitrogens with zero attached hydrogens (tertiary/aromatic N) is 2. The van der Waals surface area contributed by atoms with E-state index in [0.29, 0.717) is 17.8 Å². The standard InChI is InChI=1S/C18H26N4O2/c1-14(16-7-6-8-17(13-16)19-15(2)23)20-21-18(24)9-12-22-10-4-3-5-11-22/h6-8,13H,3-5,9-12H2,1-2H3,(H,19,23)(H,21,24)/b20-14+. The predicted octanol–water partition coefficient (Wildman–Crippen LogP) is 2.36. The van der Waals surface area contributed by atoms with Crippen molar-refractivity contribution in [2.75, 3.05) is 25.0 Å². The molecule has 0 aliphatic carbocycles. The molecular formula is C18H26N4O2. The molecule has 0 radical (unpaired) electrons. The van der Waals surface area contributed by atoms with Crippen LogP contribution in [-0.2, 0) is 9.59 Å². The molecule has 0 atom stereocenters. The number of carbonyl (C=O) groups excluding carboxylic acids is 2. The molecule has 2 rings (SSSR count). The summed E-state index contributed by atoms with van der Waals surface area (Å²) in [4.78, 5) is 25.4. The van der Waals surface area contributed by atoms with Crippen LogP contribution in [0.4, 0.5) is 5.69 Å². The Bertz CT molecular complexity index is 607. The molecule has 1 aliphatic heterocycles. The first-order chi connectivity index (χ1) is 11.5. The van der Waals surface area contributed by atoms with Crippen LogP contribution in [0.1, 0.15) is 45.1 Å². The van der Waals surface area contributed by atoms with Gasteiger partial charge in [0, 0.05) is 25.6 Å². The molecule has 0 aromatic heterocycles. The summed E-state index contributed by atoms with van der Waals surface area (Å²) in [6, 6.07) is 7.39. The largest absolute Gasteiger partial charge is 0.326 e. The van der Waals surface area contributed by atoms with E-state index in [1.165, 1.54) is 26.2 Å². The molecule has 0 bridgehead atoms. The Balaban J connectivity index is 1.83. The van der Waals surface area contributed by atoms with E-state index in [1.54, 1.807) is 0 Å². The lowest BCUT2D eigenvalue weighted by Gasteiger charge is -2.25. The van der Waals surface area contributed by atoms with Crippen molar-refractivity contribution in [3.8, 4) is 0 Å². The average molecular weight is 330 g/mol. The van der Waals surface area contributed by atoms with Crippen molar-refractivity contribution in [3.05, 3.63) is 29.8 Å². The topological polar surface area (TPSA) is 73.8 Å². The van der Waals surface area contributed by atoms with Crippen LogP contribution in [0.25, 0.3) is 0 Å². The van der Waals surface area contributed by atoms with Crippen LogP contribution in [-0.4, -0.2) is 42.1 Å². The fraction of sp³-hybridized carbons (Fsp3) is 0.500. The van der Waals surface area contributed by atoms with Gasteiger partial charge in [0.05, 0.1) is 5.71 Å². The van der Waals surface area contributed by atoms with Crippen LogP contribution in [0.2, 0.25) is 0 Å². The fourth-order valence-corrected chi connectivity index (χ4v) is 2.73. The number of nitrogens with one attached hydrogen (secondary N) is 2. The maximum atomic E-state index is 11.9. The van der Waals surface area contributed by atoms with Gasteiger partial charge in [0.25, 0.3) is 0 Å². The Labute approximate surface area is 143 Å². The minimum absolute atomic E-state index is 0.0714. The van der Waals surface area contributed by atoms with Gasteiger partial charge < -0.3 is 10.2 Å². The highest BCUT2D eigenvalue weighted by Gasteiger charge is 2.11. The quantitative estimate of drug-likeness (QED) is 0.621. The molecule has 1 aliphatic rings. The van der Waals surface area contributed by atoms with Gasteiger partial charge in [-0.2, -0.15) is 5.10 Å². The molecule has 1 saturated heterocycles. The zero-order valence-electron chi connectivity index (χ0n) is 14.5. The Morgan fingerprint density at radius 3 is 2.62 bits per heavy atom. The van der Waals surface area contributed by atoms with Crippen molar-refractivity contribution in [2.45, 2.75) is 39.5 Å². The monoisotopic (exact) mass is 330 g/mol. The summed E-state index contributed by atoms with van der Waals surface area (Å²) in [5, 5.41) is 6.90. The van der Waals surface area contributed by atoms with E-state index >= 15 is 0 Å².